The lowest BCUT2D eigenvalue weighted by Gasteiger charge is -2.09. The Labute approximate surface area is 148 Å². The molecule has 1 aromatic carbocycles. The molecule has 6 nitrogen and oxygen atoms in total. The number of hydrogen-bond acceptors (Lipinski definition) is 4. The highest BCUT2D eigenvalue weighted by molar-refractivity contribution is 7.12. The van der Waals surface area contributed by atoms with Crippen LogP contribution in [-0.4, -0.2) is 31.3 Å². The smallest absolute Gasteiger partial charge is 0.261 e. The van der Waals surface area contributed by atoms with E-state index in [-0.39, 0.29) is 30.7 Å². The van der Waals surface area contributed by atoms with Crippen LogP contribution in [0.25, 0.3) is 0 Å². The van der Waals surface area contributed by atoms with Gasteiger partial charge in [0.25, 0.3) is 11.8 Å². The maximum absolute atomic E-state index is 12.0. The van der Waals surface area contributed by atoms with E-state index in [2.05, 4.69) is 16.0 Å². The van der Waals surface area contributed by atoms with Gasteiger partial charge in [-0.25, -0.2) is 0 Å². The van der Waals surface area contributed by atoms with E-state index in [0.29, 0.717) is 21.2 Å². The van der Waals surface area contributed by atoms with Crippen molar-refractivity contribution in [1.29, 1.82) is 0 Å². The van der Waals surface area contributed by atoms with Crippen LogP contribution in [-0.2, 0) is 4.79 Å². The molecule has 8 heteroatoms. The summed E-state index contributed by atoms with van der Waals surface area (Å²) in [5.74, 6) is -0.791. The minimum absolute atomic E-state index is 0.0949. The van der Waals surface area contributed by atoms with E-state index in [4.69, 9.17) is 11.6 Å². The molecule has 3 N–H and O–H groups in total. The quantitative estimate of drug-likeness (QED) is 0.735. The molecule has 2 aromatic rings. The lowest BCUT2D eigenvalue weighted by atomic mass is 10.2. The molecule has 0 bridgehead atoms. The summed E-state index contributed by atoms with van der Waals surface area (Å²) in [6, 6.07) is 8.11. The molecule has 0 aliphatic heterocycles. The van der Waals surface area contributed by atoms with E-state index in [1.807, 2.05) is 5.38 Å². The molecule has 0 aliphatic carbocycles. The van der Waals surface area contributed by atoms with Gasteiger partial charge in [0.1, 0.15) is 0 Å². The normalized spacial score (nSPS) is 10.1. The Morgan fingerprint density at radius 1 is 1.17 bits per heavy atom. The van der Waals surface area contributed by atoms with E-state index in [0.717, 1.165) is 0 Å². The van der Waals surface area contributed by atoms with E-state index in [1.165, 1.54) is 24.5 Å². The Morgan fingerprint density at radius 2 is 1.96 bits per heavy atom. The third kappa shape index (κ3) is 4.81. The van der Waals surface area contributed by atoms with Crippen LogP contribution < -0.4 is 16.0 Å². The number of nitrogens with one attached hydrogen (secondary N) is 3. The van der Waals surface area contributed by atoms with Crippen LogP contribution in [0.2, 0.25) is 5.02 Å². The Kier molecular flexibility index (Phi) is 6.34. The second-order valence-corrected chi connectivity index (χ2v) is 6.16. The van der Waals surface area contributed by atoms with Crippen molar-refractivity contribution < 1.29 is 14.4 Å². The molecule has 0 aliphatic rings. The number of amides is 3. The van der Waals surface area contributed by atoms with Crippen LogP contribution in [0, 0.1) is 0 Å². The van der Waals surface area contributed by atoms with Gasteiger partial charge in [-0.3, -0.25) is 14.4 Å². The summed E-state index contributed by atoms with van der Waals surface area (Å²) in [4.78, 5) is 35.9. The number of carbonyl (C=O) groups excluding carboxylic acids is 3. The summed E-state index contributed by atoms with van der Waals surface area (Å²) < 4.78 is 0. The Balaban J connectivity index is 1.88. The van der Waals surface area contributed by atoms with Gasteiger partial charge >= 0.3 is 0 Å². The van der Waals surface area contributed by atoms with Gasteiger partial charge in [-0.05, 0) is 29.6 Å². The predicted molar refractivity (Wildman–Crippen MR) is 94.7 cm³/mol. The molecule has 3 amide bonds. The molecule has 0 radical (unpaired) electrons. The molecule has 0 saturated carbocycles. The Morgan fingerprint density at radius 3 is 2.62 bits per heavy atom. The zero-order chi connectivity index (χ0) is 17.5. The largest absolute Gasteiger partial charge is 0.355 e. The number of benzene rings is 1. The number of anilines is 1. The Bertz CT molecular complexity index is 747. The summed E-state index contributed by atoms with van der Waals surface area (Å²) in [7, 11) is 1.52. The summed E-state index contributed by atoms with van der Waals surface area (Å²) in [6.45, 7) is 0.204. The topological polar surface area (TPSA) is 87.3 Å². The van der Waals surface area contributed by atoms with Crippen molar-refractivity contribution in [3.05, 3.63) is 51.2 Å². The van der Waals surface area contributed by atoms with Gasteiger partial charge in [-0.15, -0.1) is 11.3 Å². The first-order valence-electron chi connectivity index (χ1n) is 7.14. The van der Waals surface area contributed by atoms with Crippen molar-refractivity contribution in [2.45, 2.75) is 6.42 Å². The van der Waals surface area contributed by atoms with Crippen LogP contribution in [0.5, 0.6) is 0 Å². The zero-order valence-electron chi connectivity index (χ0n) is 12.9. The first-order chi connectivity index (χ1) is 11.5. The second-order valence-electron chi connectivity index (χ2n) is 4.81. The van der Waals surface area contributed by atoms with E-state index >= 15 is 0 Å². The molecule has 2 rings (SSSR count). The summed E-state index contributed by atoms with van der Waals surface area (Å²) in [5, 5.41) is 9.95. The maximum Gasteiger partial charge on any atom is 0.261 e. The molecule has 0 saturated heterocycles. The summed E-state index contributed by atoms with van der Waals surface area (Å²) >= 11 is 7.36. The van der Waals surface area contributed by atoms with E-state index < -0.39 is 0 Å². The zero-order valence-corrected chi connectivity index (χ0v) is 14.5. The molecular weight excluding hydrogens is 350 g/mol. The fraction of sp³-hybridized carbons (Fsp3) is 0.188. The van der Waals surface area contributed by atoms with Crippen LogP contribution in [0.4, 0.5) is 5.69 Å². The highest BCUT2D eigenvalue weighted by Crippen LogP contribution is 2.23. The fourth-order valence-corrected chi connectivity index (χ4v) is 2.71. The Hall–Kier alpha value is -2.38. The molecule has 126 valence electrons. The molecule has 1 heterocycles. The highest BCUT2D eigenvalue weighted by Gasteiger charge is 2.11. The third-order valence-corrected chi connectivity index (χ3v) is 4.31. The van der Waals surface area contributed by atoms with Gasteiger partial charge < -0.3 is 16.0 Å². The molecule has 24 heavy (non-hydrogen) atoms. The predicted octanol–water partition coefficient (Wildman–Crippen LogP) is 2.52. The fourth-order valence-electron chi connectivity index (χ4n) is 1.90. The third-order valence-electron chi connectivity index (χ3n) is 3.11. The molecule has 0 unspecified atom stereocenters. The molecule has 0 fully saturated rings. The number of thiophene rings is 1. The monoisotopic (exact) mass is 365 g/mol. The van der Waals surface area contributed by atoms with Crippen molar-refractivity contribution in [2.24, 2.45) is 0 Å². The second kappa shape index (κ2) is 8.47. The van der Waals surface area contributed by atoms with Crippen LogP contribution in [0.3, 0.4) is 0 Å². The first kappa shape index (κ1) is 18.0. The van der Waals surface area contributed by atoms with E-state index in [1.54, 1.807) is 24.3 Å². The SMILES string of the molecule is CNC(=O)c1ccc(Cl)c(NC(=O)CCNC(=O)c2cccs2)c1. The van der Waals surface area contributed by atoms with Crippen molar-refractivity contribution in [3.8, 4) is 0 Å². The lowest BCUT2D eigenvalue weighted by Crippen LogP contribution is -2.27. The average molecular weight is 366 g/mol. The van der Waals surface area contributed by atoms with Gasteiger partial charge in [0, 0.05) is 25.6 Å². The van der Waals surface area contributed by atoms with Crippen molar-refractivity contribution in [2.75, 3.05) is 18.9 Å². The average Bonchev–Trinajstić information content (AvgIpc) is 3.10. The summed E-state index contributed by atoms with van der Waals surface area (Å²) in [5.41, 5.74) is 0.746. The summed E-state index contributed by atoms with van der Waals surface area (Å²) in [6.07, 6.45) is 0.0949. The van der Waals surface area contributed by atoms with Crippen LogP contribution >= 0.6 is 22.9 Å². The first-order valence-corrected chi connectivity index (χ1v) is 8.40. The van der Waals surface area contributed by atoms with Gasteiger partial charge in [0.2, 0.25) is 5.91 Å². The number of rotatable bonds is 6. The van der Waals surface area contributed by atoms with Crippen molar-refractivity contribution in [1.82, 2.24) is 10.6 Å². The van der Waals surface area contributed by atoms with Gasteiger partial charge in [-0.2, -0.15) is 0 Å². The standard InChI is InChI=1S/C16H16ClN3O3S/c1-18-15(22)10-4-5-11(17)12(9-10)20-14(21)6-7-19-16(23)13-3-2-8-24-13/h2-5,8-9H,6-7H2,1H3,(H,18,22)(H,19,23)(H,20,21). The van der Waals surface area contributed by atoms with Crippen LogP contribution in [0.15, 0.2) is 35.7 Å². The van der Waals surface area contributed by atoms with Crippen molar-refractivity contribution in [3.63, 3.8) is 0 Å². The highest BCUT2D eigenvalue weighted by atomic mass is 35.5. The van der Waals surface area contributed by atoms with Gasteiger partial charge in [0.05, 0.1) is 15.6 Å². The number of hydrogen-bond donors (Lipinski definition) is 3. The van der Waals surface area contributed by atoms with Crippen molar-refractivity contribution >= 4 is 46.3 Å². The van der Waals surface area contributed by atoms with Gasteiger partial charge in [-0.1, -0.05) is 17.7 Å². The molecule has 0 atom stereocenters. The minimum Gasteiger partial charge on any atom is -0.355 e. The van der Waals surface area contributed by atoms with Crippen LogP contribution in [0.1, 0.15) is 26.5 Å². The number of carbonyl (C=O) groups is 3. The molecule has 1 aromatic heterocycles. The molecular formula is C16H16ClN3O3S. The van der Waals surface area contributed by atoms with Gasteiger partial charge in [0.15, 0.2) is 0 Å². The minimum atomic E-state index is -0.308. The van der Waals surface area contributed by atoms with E-state index in [9.17, 15) is 14.4 Å². The number of halogens is 1. The lowest BCUT2D eigenvalue weighted by molar-refractivity contribution is -0.116. The maximum atomic E-state index is 12.0. The molecule has 0 spiro atoms.